The first kappa shape index (κ1) is 38.4. The highest BCUT2D eigenvalue weighted by molar-refractivity contribution is 6.16. The molecule has 0 saturated carbocycles. The van der Waals surface area contributed by atoms with Crippen molar-refractivity contribution in [1.29, 1.82) is 0 Å². The molecule has 3 heteroatoms. The average Bonchev–Trinajstić information content (AvgIpc) is 4.06. The van der Waals surface area contributed by atoms with Crippen LogP contribution in [0.2, 0.25) is 0 Å². The second-order valence-electron chi connectivity index (χ2n) is 18.0. The van der Waals surface area contributed by atoms with Gasteiger partial charge in [-0.1, -0.05) is 182 Å². The summed E-state index contributed by atoms with van der Waals surface area (Å²) in [5, 5.41) is 7.00. The van der Waals surface area contributed by atoms with E-state index >= 15 is 0 Å². The first-order valence-corrected chi connectivity index (χ1v) is 23.4. The van der Waals surface area contributed by atoms with Crippen LogP contribution in [0.3, 0.4) is 0 Å². The molecular formula is C65H42N2O. The van der Waals surface area contributed by atoms with E-state index in [0.717, 1.165) is 61.2 Å². The Morgan fingerprint density at radius 2 is 0.956 bits per heavy atom. The Hall–Kier alpha value is -8.92. The van der Waals surface area contributed by atoms with Crippen molar-refractivity contribution in [3.63, 3.8) is 0 Å². The van der Waals surface area contributed by atoms with Gasteiger partial charge < -0.3 is 13.9 Å². The number of furan rings is 1. The van der Waals surface area contributed by atoms with Gasteiger partial charge in [0, 0.05) is 49.7 Å². The van der Waals surface area contributed by atoms with Gasteiger partial charge in [-0.05, 0) is 123 Å². The number of fused-ring (bicyclic) bond motifs is 11. The summed E-state index contributed by atoms with van der Waals surface area (Å²) in [5.41, 5.74) is 17.8. The van der Waals surface area contributed by atoms with Crippen LogP contribution >= 0.6 is 0 Å². The summed E-state index contributed by atoms with van der Waals surface area (Å²) in [6.45, 7) is 0. The van der Waals surface area contributed by atoms with Crippen LogP contribution in [0.4, 0.5) is 17.1 Å². The van der Waals surface area contributed by atoms with Gasteiger partial charge in [0.15, 0.2) is 0 Å². The number of aromatic nitrogens is 1. The van der Waals surface area contributed by atoms with Crippen molar-refractivity contribution in [3.8, 4) is 27.9 Å². The molecule has 318 valence electrons. The molecule has 0 atom stereocenters. The minimum Gasteiger partial charge on any atom is -0.455 e. The van der Waals surface area contributed by atoms with Crippen LogP contribution in [0.5, 0.6) is 0 Å². The smallest absolute Gasteiger partial charge is 0.143 e. The number of nitrogens with zero attached hydrogens (tertiary/aromatic N) is 2. The van der Waals surface area contributed by atoms with Crippen LogP contribution in [0, 0.1) is 0 Å². The first-order chi connectivity index (χ1) is 33.7. The highest BCUT2D eigenvalue weighted by Gasteiger charge is 2.46. The molecule has 0 spiro atoms. The molecule has 1 aliphatic rings. The monoisotopic (exact) mass is 866 g/mol. The number of rotatable bonds is 7. The quantitative estimate of drug-likeness (QED) is 0.159. The fraction of sp³-hybridized carbons (Fsp3) is 0.0154. The van der Waals surface area contributed by atoms with Crippen molar-refractivity contribution in [3.05, 3.63) is 277 Å². The van der Waals surface area contributed by atoms with Crippen LogP contribution in [0.1, 0.15) is 22.3 Å². The molecule has 1 aliphatic carbocycles. The van der Waals surface area contributed by atoms with E-state index in [1.165, 1.54) is 60.6 Å². The molecule has 0 unspecified atom stereocenters. The molecule has 3 nitrogen and oxygen atoms in total. The normalized spacial score (nSPS) is 12.8. The lowest BCUT2D eigenvalue weighted by molar-refractivity contribution is 0.672. The zero-order valence-corrected chi connectivity index (χ0v) is 37.1. The third-order valence-corrected chi connectivity index (χ3v) is 14.4. The van der Waals surface area contributed by atoms with Gasteiger partial charge in [-0.15, -0.1) is 0 Å². The van der Waals surface area contributed by atoms with Gasteiger partial charge in [-0.2, -0.15) is 0 Å². The SMILES string of the molecule is c1ccc(C2(c3ccccc3)c3ccccc3-c3ccc(N(c4ccc(-c5cccc(-n6c7ccccc7c7ccccc76)c5)cc4)c4ccc5oc6c7ccccc7ccc6c5c4)cc32)cc1. The summed E-state index contributed by atoms with van der Waals surface area (Å²) < 4.78 is 9.05. The molecule has 68 heavy (non-hydrogen) atoms. The van der Waals surface area contributed by atoms with Gasteiger partial charge >= 0.3 is 0 Å². The fourth-order valence-electron chi connectivity index (χ4n) is 11.5. The zero-order valence-electron chi connectivity index (χ0n) is 37.1. The molecule has 0 radical (unpaired) electrons. The highest BCUT2D eigenvalue weighted by atomic mass is 16.3. The number of anilines is 3. The molecule has 11 aromatic carbocycles. The Morgan fingerprint density at radius 3 is 1.71 bits per heavy atom. The summed E-state index contributed by atoms with van der Waals surface area (Å²) in [4.78, 5) is 2.42. The van der Waals surface area contributed by atoms with Gasteiger partial charge in [0.1, 0.15) is 11.2 Å². The molecule has 14 rings (SSSR count). The standard InChI is InChI=1S/C65H42N2O/c1-3-18-46(19-4-1)65(47-20-5-2-6-21-47)59-27-12-9-24-53(59)54-38-35-51(42-60(54)65)66(50-36-39-63-58(41-50)57-37-32-44-16-7-8-23-52(44)64(57)68-63)48-33-30-43(31-34-48)45-17-15-22-49(40-45)67-61-28-13-10-25-55(61)56-26-11-14-29-62(56)67/h1-42H. The van der Waals surface area contributed by atoms with E-state index in [1.54, 1.807) is 0 Å². The Kier molecular flexibility index (Phi) is 8.50. The van der Waals surface area contributed by atoms with Gasteiger partial charge in [-0.25, -0.2) is 0 Å². The lowest BCUT2D eigenvalue weighted by Gasteiger charge is -2.35. The van der Waals surface area contributed by atoms with Gasteiger partial charge in [0.25, 0.3) is 0 Å². The van der Waals surface area contributed by atoms with Crippen molar-refractivity contribution in [1.82, 2.24) is 4.57 Å². The molecule has 0 aliphatic heterocycles. The predicted molar refractivity (Wildman–Crippen MR) is 283 cm³/mol. The van der Waals surface area contributed by atoms with E-state index in [1.807, 2.05) is 0 Å². The second-order valence-corrected chi connectivity index (χ2v) is 18.0. The van der Waals surface area contributed by atoms with Crippen molar-refractivity contribution in [2.45, 2.75) is 5.41 Å². The van der Waals surface area contributed by atoms with Gasteiger partial charge in [0.2, 0.25) is 0 Å². The van der Waals surface area contributed by atoms with Crippen molar-refractivity contribution in [2.75, 3.05) is 4.90 Å². The van der Waals surface area contributed by atoms with Crippen molar-refractivity contribution < 1.29 is 4.42 Å². The molecule has 13 aromatic rings. The summed E-state index contributed by atoms with van der Waals surface area (Å²) in [7, 11) is 0. The van der Waals surface area contributed by atoms with E-state index in [-0.39, 0.29) is 0 Å². The average molecular weight is 867 g/mol. The van der Waals surface area contributed by atoms with Crippen LogP contribution in [-0.4, -0.2) is 4.57 Å². The third-order valence-electron chi connectivity index (χ3n) is 14.4. The van der Waals surface area contributed by atoms with Gasteiger partial charge in [0.05, 0.1) is 16.4 Å². The molecule has 0 saturated heterocycles. The lowest BCUT2D eigenvalue weighted by Crippen LogP contribution is -2.28. The first-order valence-electron chi connectivity index (χ1n) is 23.4. The molecule has 0 amide bonds. The Balaban J connectivity index is 0.956. The number of para-hydroxylation sites is 2. The Labute approximate surface area is 394 Å². The van der Waals surface area contributed by atoms with Crippen LogP contribution < -0.4 is 4.90 Å². The van der Waals surface area contributed by atoms with Crippen LogP contribution in [0.25, 0.3) is 82.5 Å². The van der Waals surface area contributed by atoms with E-state index in [9.17, 15) is 0 Å². The summed E-state index contributed by atoms with van der Waals surface area (Å²) in [6, 6.07) is 93.1. The number of benzene rings is 11. The molecule has 0 N–H and O–H groups in total. The largest absolute Gasteiger partial charge is 0.455 e. The van der Waals surface area contributed by atoms with Crippen molar-refractivity contribution >= 4 is 71.6 Å². The highest BCUT2D eigenvalue weighted by Crippen LogP contribution is 2.57. The van der Waals surface area contributed by atoms with E-state index in [4.69, 9.17) is 4.42 Å². The minimum absolute atomic E-state index is 0.535. The van der Waals surface area contributed by atoms with Crippen molar-refractivity contribution in [2.24, 2.45) is 0 Å². The van der Waals surface area contributed by atoms with Crippen LogP contribution in [-0.2, 0) is 5.41 Å². The lowest BCUT2D eigenvalue weighted by atomic mass is 9.67. The fourth-order valence-corrected chi connectivity index (χ4v) is 11.5. The van der Waals surface area contributed by atoms with Gasteiger partial charge in [-0.3, -0.25) is 0 Å². The zero-order chi connectivity index (χ0) is 44.8. The predicted octanol–water partition coefficient (Wildman–Crippen LogP) is 17.3. The Bertz CT molecular complexity index is 3990. The summed E-state index contributed by atoms with van der Waals surface area (Å²) in [5.74, 6) is 0. The van der Waals surface area contributed by atoms with E-state index in [2.05, 4.69) is 264 Å². The molecule has 0 fully saturated rings. The Morgan fingerprint density at radius 1 is 0.353 bits per heavy atom. The maximum Gasteiger partial charge on any atom is 0.143 e. The minimum atomic E-state index is -0.535. The molecule has 2 aromatic heterocycles. The molecule has 0 bridgehead atoms. The molecule has 2 heterocycles. The topological polar surface area (TPSA) is 21.3 Å². The number of hydrogen-bond donors (Lipinski definition) is 0. The second kappa shape index (κ2) is 15.1. The van der Waals surface area contributed by atoms with E-state index in [0.29, 0.717) is 0 Å². The maximum absolute atomic E-state index is 6.66. The number of hydrogen-bond acceptors (Lipinski definition) is 2. The summed E-state index contributed by atoms with van der Waals surface area (Å²) >= 11 is 0. The molecular weight excluding hydrogens is 825 g/mol. The van der Waals surface area contributed by atoms with E-state index < -0.39 is 5.41 Å². The third kappa shape index (κ3) is 5.66. The maximum atomic E-state index is 6.66. The summed E-state index contributed by atoms with van der Waals surface area (Å²) in [6.07, 6.45) is 0. The van der Waals surface area contributed by atoms with Crippen LogP contribution in [0.15, 0.2) is 259 Å².